The van der Waals surface area contributed by atoms with Crippen LogP contribution in [-0.2, 0) is 0 Å². The van der Waals surface area contributed by atoms with Crippen molar-refractivity contribution in [2.45, 2.75) is 11.5 Å². The number of ketones is 2. The van der Waals surface area contributed by atoms with Crippen molar-refractivity contribution in [1.82, 2.24) is 0 Å². The Balaban J connectivity index is 1.60. The summed E-state index contributed by atoms with van der Waals surface area (Å²) in [5.41, 5.74) is 2.62. The van der Waals surface area contributed by atoms with Crippen LogP contribution in [0.15, 0.2) is 126 Å². The normalized spacial score (nSPS) is 18.3. The highest BCUT2D eigenvalue weighted by Gasteiger charge is 2.66. The summed E-state index contributed by atoms with van der Waals surface area (Å²) in [5.74, 6) is -1.01. The van der Waals surface area contributed by atoms with Crippen molar-refractivity contribution in [3.05, 3.63) is 144 Å². The van der Waals surface area contributed by atoms with Crippen LogP contribution in [0.1, 0.15) is 37.8 Å². The maximum absolute atomic E-state index is 14.3. The molecule has 0 unspecified atom stereocenters. The van der Waals surface area contributed by atoms with E-state index in [1.165, 1.54) is 0 Å². The van der Waals surface area contributed by atoms with Gasteiger partial charge in [-0.15, -0.1) is 0 Å². The number of hydrogen-bond donors (Lipinski definition) is 0. The molecule has 1 aliphatic carbocycles. The first-order valence-corrected chi connectivity index (χ1v) is 11.6. The topological polar surface area (TPSA) is 49.7 Å². The third-order valence-electron chi connectivity index (χ3n) is 6.75. The second-order valence-electron chi connectivity index (χ2n) is 8.73. The van der Waals surface area contributed by atoms with Gasteiger partial charge in [0.1, 0.15) is 0 Å². The van der Waals surface area contributed by atoms with Gasteiger partial charge in [0.2, 0.25) is 5.54 Å². The molecule has 0 aromatic heterocycles. The number of rotatable bonds is 4. The fraction of sp³-hybridized carbons (Fsp3) is 0.0645. The third-order valence-corrected chi connectivity index (χ3v) is 6.75. The molecule has 0 bridgehead atoms. The van der Waals surface area contributed by atoms with E-state index < -0.39 is 11.5 Å². The SMILES string of the molecule is O=C1c2ccccc2C(=O)C12[C@@H](c1ccccc1)C(/C=C\c1ccccc1)=NN2c1ccccc1. The Morgan fingerprint density at radius 1 is 0.629 bits per heavy atom. The zero-order valence-electron chi connectivity index (χ0n) is 18.9. The monoisotopic (exact) mass is 454 g/mol. The molecule has 0 saturated heterocycles. The summed E-state index contributed by atoms with van der Waals surface area (Å²) in [6.07, 6.45) is 3.91. The molecule has 6 rings (SSSR count). The van der Waals surface area contributed by atoms with Crippen molar-refractivity contribution in [3.63, 3.8) is 0 Å². The highest BCUT2D eigenvalue weighted by Crippen LogP contribution is 2.50. The van der Waals surface area contributed by atoms with Crippen LogP contribution in [0.4, 0.5) is 5.69 Å². The number of anilines is 1. The van der Waals surface area contributed by atoms with Crippen LogP contribution < -0.4 is 5.01 Å². The summed E-state index contributed by atoms with van der Waals surface area (Å²) in [4.78, 5) is 28.5. The fourth-order valence-electron chi connectivity index (χ4n) is 5.20. The van der Waals surface area contributed by atoms with Crippen molar-refractivity contribution in [1.29, 1.82) is 0 Å². The predicted molar refractivity (Wildman–Crippen MR) is 139 cm³/mol. The minimum atomic E-state index is -1.53. The molecular weight excluding hydrogens is 432 g/mol. The van der Waals surface area contributed by atoms with Gasteiger partial charge in [0.25, 0.3) is 0 Å². The number of carbonyl (C=O) groups excluding carboxylic acids is 2. The summed E-state index contributed by atoms with van der Waals surface area (Å²) >= 11 is 0. The van der Waals surface area contributed by atoms with E-state index in [2.05, 4.69) is 0 Å². The third kappa shape index (κ3) is 3.18. The molecule has 0 N–H and O–H groups in total. The van der Waals surface area contributed by atoms with E-state index in [9.17, 15) is 9.59 Å². The van der Waals surface area contributed by atoms with Gasteiger partial charge < -0.3 is 0 Å². The van der Waals surface area contributed by atoms with Crippen molar-refractivity contribution in [3.8, 4) is 0 Å². The van der Waals surface area contributed by atoms with Crippen LogP contribution in [0.5, 0.6) is 0 Å². The smallest absolute Gasteiger partial charge is 0.201 e. The van der Waals surface area contributed by atoms with Gasteiger partial charge in [0.15, 0.2) is 11.6 Å². The summed E-state index contributed by atoms with van der Waals surface area (Å²) in [5, 5.41) is 6.62. The van der Waals surface area contributed by atoms with Gasteiger partial charge in [0.05, 0.1) is 17.3 Å². The molecule has 4 aromatic carbocycles. The number of allylic oxidation sites excluding steroid dienone is 1. The minimum Gasteiger partial charge on any atom is -0.291 e. The molecule has 1 heterocycles. The Morgan fingerprint density at radius 2 is 1.14 bits per heavy atom. The molecule has 1 aliphatic heterocycles. The summed E-state index contributed by atoms with van der Waals surface area (Å²) in [7, 11) is 0. The number of hydrogen-bond acceptors (Lipinski definition) is 4. The maximum atomic E-state index is 14.3. The number of Topliss-reactive ketones (excluding diaryl/α,β-unsaturated/α-hetero) is 2. The van der Waals surface area contributed by atoms with Gasteiger partial charge in [-0.1, -0.05) is 109 Å². The predicted octanol–water partition coefficient (Wildman–Crippen LogP) is 6.18. The molecule has 2 aliphatic rings. The highest BCUT2D eigenvalue weighted by molar-refractivity contribution is 6.38. The standard InChI is InChI=1S/C31H22N2O2/c34-29-25-18-10-11-19-26(25)30(35)31(29)28(23-14-6-2-7-15-23)27(21-20-22-12-4-1-5-13-22)32-33(31)24-16-8-3-9-17-24/h1-21,28H/b21-20-/t28-/m0/s1. The number of para-hydroxylation sites is 1. The Bertz CT molecular complexity index is 1440. The number of hydrazone groups is 1. The van der Waals surface area contributed by atoms with E-state index >= 15 is 0 Å². The summed E-state index contributed by atoms with van der Waals surface area (Å²) < 4.78 is 0. The van der Waals surface area contributed by atoms with Gasteiger partial charge >= 0.3 is 0 Å². The maximum Gasteiger partial charge on any atom is 0.201 e. The molecule has 1 atom stereocenters. The van der Waals surface area contributed by atoms with Crippen LogP contribution >= 0.6 is 0 Å². The quantitative estimate of drug-likeness (QED) is 0.346. The molecule has 0 fully saturated rings. The lowest BCUT2D eigenvalue weighted by Gasteiger charge is -2.36. The molecule has 4 aromatic rings. The number of benzene rings is 4. The van der Waals surface area contributed by atoms with E-state index in [0.717, 1.165) is 11.1 Å². The van der Waals surface area contributed by atoms with Gasteiger partial charge in [0, 0.05) is 11.1 Å². The Hall–Kier alpha value is -4.57. The molecule has 0 radical (unpaired) electrons. The van der Waals surface area contributed by atoms with Crippen LogP contribution in [0, 0.1) is 0 Å². The van der Waals surface area contributed by atoms with E-state index in [-0.39, 0.29) is 11.6 Å². The van der Waals surface area contributed by atoms with Crippen molar-refractivity contribution in [2.75, 3.05) is 5.01 Å². The minimum absolute atomic E-state index is 0.220. The lowest BCUT2D eigenvalue weighted by Crippen LogP contribution is -2.56. The molecule has 35 heavy (non-hydrogen) atoms. The molecular formula is C31H22N2O2. The Morgan fingerprint density at radius 3 is 1.74 bits per heavy atom. The largest absolute Gasteiger partial charge is 0.291 e. The van der Waals surface area contributed by atoms with E-state index in [1.54, 1.807) is 29.3 Å². The molecule has 4 heteroatoms. The van der Waals surface area contributed by atoms with Crippen LogP contribution in [-0.4, -0.2) is 22.8 Å². The average Bonchev–Trinajstić information content (AvgIpc) is 3.38. The van der Waals surface area contributed by atoms with Gasteiger partial charge in [-0.25, -0.2) is 5.01 Å². The van der Waals surface area contributed by atoms with E-state index in [0.29, 0.717) is 22.5 Å². The first-order valence-electron chi connectivity index (χ1n) is 11.6. The lowest BCUT2D eigenvalue weighted by atomic mass is 9.73. The molecule has 168 valence electrons. The van der Waals surface area contributed by atoms with Crippen molar-refractivity contribution < 1.29 is 9.59 Å². The first-order chi connectivity index (χ1) is 17.2. The number of nitrogens with zero attached hydrogens (tertiary/aromatic N) is 2. The highest BCUT2D eigenvalue weighted by atomic mass is 16.2. The van der Waals surface area contributed by atoms with E-state index in [1.807, 2.05) is 103 Å². The van der Waals surface area contributed by atoms with Gasteiger partial charge in [-0.2, -0.15) is 5.10 Å². The fourth-order valence-corrected chi connectivity index (χ4v) is 5.20. The average molecular weight is 455 g/mol. The second kappa shape index (κ2) is 8.33. The van der Waals surface area contributed by atoms with E-state index in [4.69, 9.17) is 5.10 Å². The molecule has 0 amide bonds. The van der Waals surface area contributed by atoms with Crippen LogP contribution in [0.2, 0.25) is 0 Å². The summed E-state index contributed by atoms with van der Waals surface area (Å²) in [6.45, 7) is 0. The van der Waals surface area contributed by atoms with Crippen molar-refractivity contribution >= 4 is 29.0 Å². The van der Waals surface area contributed by atoms with Crippen LogP contribution in [0.25, 0.3) is 6.08 Å². The number of carbonyl (C=O) groups is 2. The molecule has 1 spiro atoms. The first kappa shape index (κ1) is 21.0. The Labute approximate surface area is 203 Å². The lowest BCUT2D eigenvalue weighted by molar-refractivity contribution is 0.0791. The second-order valence-corrected chi connectivity index (χ2v) is 8.73. The van der Waals surface area contributed by atoms with Gasteiger partial charge in [-0.05, 0) is 29.3 Å². The number of fused-ring (bicyclic) bond motifs is 1. The zero-order chi connectivity index (χ0) is 23.8. The summed E-state index contributed by atoms with van der Waals surface area (Å²) in [6, 6.07) is 36.3. The van der Waals surface area contributed by atoms with Gasteiger partial charge in [-0.3, -0.25) is 9.59 Å². The van der Waals surface area contributed by atoms with Crippen LogP contribution in [0.3, 0.4) is 0 Å². The molecule has 0 saturated carbocycles. The zero-order valence-corrected chi connectivity index (χ0v) is 18.9. The van der Waals surface area contributed by atoms with Crippen molar-refractivity contribution in [2.24, 2.45) is 5.10 Å². The Kier molecular flexibility index (Phi) is 5.00. The molecule has 4 nitrogen and oxygen atoms in total.